The first-order valence-corrected chi connectivity index (χ1v) is 12.6. The van der Waals surface area contributed by atoms with Crippen molar-refractivity contribution >= 4 is 31.0 Å². The third-order valence-corrected chi connectivity index (χ3v) is 9.29. The van der Waals surface area contributed by atoms with Crippen LogP contribution in [0.4, 0.5) is 0 Å². The van der Waals surface area contributed by atoms with Crippen LogP contribution in [0, 0.1) is 11.8 Å². The Balaban J connectivity index is 1.81. The van der Waals surface area contributed by atoms with Gasteiger partial charge in [0, 0.05) is 16.7 Å². The Morgan fingerprint density at radius 2 is 2.12 bits per heavy atom. The van der Waals surface area contributed by atoms with Crippen LogP contribution in [0.2, 0.25) is 19.1 Å². The molecule has 0 amide bonds. The third kappa shape index (κ3) is 4.14. The fraction of sp³-hybridized carbons (Fsp3) is 0.300. The van der Waals surface area contributed by atoms with Crippen molar-refractivity contribution < 1.29 is 9.53 Å². The lowest BCUT2D eigenvalue weighted by Crippen LogP contribution is -2.45. The monoisotopic (exact) mass is 367 g/mol. The lowest BCUT2D eigenvalue weighted by atomic mass is 10.2. The van der Waals surface area contributed by atoms with Crippen LogP contribution in [0.3, 0.4) is 0 Å². The maximum Gasteiger partial charge on any atom is 0.339 e. The number of pyridine rings is 1. The fourth-order valence-electron chi connectivity index (χ4n) is 2.75. The molecule has 0 N–H and O–H groups in total. The molecule has 0 spiro atoms. The van der Waals surface area contributed by atoms with E-state index in [1.54, 1.807) is 19.1 Å². The Morgan fingerprint density at radius 3 is 2.84 bits per heavy atom. The zero-order valence-corrected chi connectivity index (χ0v) is 16.6. The van der Waals surface area contributed by atoms with Gasteiger partial charge in [0.15, 0.2) is 0 Å². The van der Waals surface area contributed by atoms with Gasteiger partial charge in [-0.3, -0.25) is 0 Å². The number of hydrogen-bond acceptors (Lipinski definition) is 4. The maximum atomic E-state index is 11.6. The fourth-order valence-corrected chi connectivity index (χ4v) is 8.41. The standard InChI is InChI=1S/C20H21NO2SSi/c1-4-23-20(22)16-7-9-17(21-14-16)8-5-15-6-10-18-19(13-15)25(2,3)12-11-24-18/h6-7,9-10,13-14H,4,11-12H2,1-3H3. The number of esters is 1. The number of fused-ring (bicyclic) bond motifs is 1. The van der Waals surface area contributed by atoms with E-state index < -0.39 is 8.07 Å². The molecule has 0 fully saturated rings. The summed E-state index contributed by atoms with van der Waals surface area (Å²) in [7, 11) is -1.33. The number of carbonyl (C=O) groups is 1. The van der Waals surface area contributed by atoms with Gasteiger partial charge in [0.2, 0.25) is 0 Å². The minimum absolute atomic E-state index is 0.353. The highest BCUT2D eigenvalue weighted by atomic mass is 32.2. The predicted octanol–water partition coefficient (Wildman–Crippen LogP) is 3.68. The van der Waals surface area contributed by atoms with E-state index in [0.29, 0.717) is 17.9 Å². The molecular weight excluding hydrogens is 346 g/mol. The second-order valence-corrected chi connectivity index (χ2v) is 12.5. The van der Waals surface area contributed by atoms with E-state index in [0.717, 1.165) is 5.56 Å². The lowest BCUT2D eigenvalue weighted by Gasteiger charge is -2.30. The molecule has 1 aromatic heterocycles. The Hall–Kier alpha value is -2.03. The molecule has 0 unspecified atom stereocenters. The molecule has 2 heterocycles. The summed E-state index contributed by atoms with van der Waals surface area (Å²) in [5.74, 6) is 7.17. The Labute approximate surface area is 154 Å². The summed E-state index contributed by atoms with van der Waals surface area (Å²) >= 11 is 1.95. The van der Waals surface area contributed by atoms with Crippen molar-refractivity contribution in [2.45, 2.75) is 31.0 Å². The topological polar surface area (TPSA) is 39.2 Å². The van der Waals surface area contributed by atoms with Gasteiger partial charge in [0.25, 0.3) is 0 Å². The number of nitrogens with zero attached hydrogens (tertiary/aromatic N) is 1. The first-order valence-electron chi connectivity index (χ1n) is 8.42. The summed E-state index contributed by atoms with van der Waals surface area (Å²) in [4.78, 5) is 17.3. The molecule has 25 heavy (non-hydrogen) atoms. The van der Waals surface area contributed by atoms with E-state index in [9.17, 15) is 4.79 Å². The first-order chi connectivity index (χ1) is 12.0. The van der Waals surface area contributed by atoms with Gasteiger partial charge in [0.1, 0.15) is 5.69 Å². The van der Waals surface area contributed by atoms with E-state index in [4.69, 9.17) is 4.74 Å². The molecule has 5 heteroatoms. The first kappa shape index (κ1) is 17.8. The summed E-state index contributed by atoms with van der Waals surface area (Å²) < 4.78 is 4.96. The van der Waals surface area contributed by atoms with E-state index in [1.165, 1.54) is 28.1 Å². The highest BCUT2D eigenvalue weighted by Crippen LogP contribution is 2.29. The van der Waals surface area contributed by atoms with Crippen LogP contribution in [0.1, 0.15) is 28.5 Å². The Morgan fingerprint density at radius 1 is 1.28 bits per heavy atom. The van der Waals surface area contributed by atoms with Gasteiger partial charge in [-0.05, 0) is 60.2 Å². The quantitative estimate of drug-likeness (QED) is 0.461. The molecule has 0 atom stereocenters. The molecule has 1 aromatic carbocycles. The van der Waals surface area contributed by atoms with Crippen molar-refractivity contribution in [1.82, 2.24) is 4.98 Å². The third-order valence-electron chi connectivity index (χ3n) is 4.30. The zero-order valence-electron chi connectivity index (χ0n) is 14.8. The lowest BCUT2D eigenvalue weighted by molar-refractivity contribution is 0.0526. The number of aromatic nitrogens is 1. The zero-order chi connectivity index (χ0) is 17.9. The second-order valence-electron chi connectivity index (χ2n) is 6.60. The molecular formula is C20H21NO2SSi. The minimum Gasteiger partial charge on any atom is -0.462 e. The molecule has 0 radical (unpaired) electrons. The maximum absolute atomic E-state index is 11.6. The van der Waals surface area contributed by atoms with Crippen LogP contribution in [-0.4, -0.2) is 31.4 Å². The van der Waals surface area contributed by atoms with Crippen molar-refractivity contribution in [3.8, 4) is 11.8 Å². The molecule has 128 valence electrons. The van der Waals surface area contributed by atoms with Crippen molar-refractivity contribution in [2.24, 2.45) is 0 Å². The van der Waals surface area contributed by atoms with E-state index in [2.05, 4.69) is 48.1 Å². The average molecular weight is 368 g/mol. The van der Waals surface area contributed by atoms with Gasteiger partial charge in [-0.2, -0.15) is 0 Å². The van der Waals surface area contributed by atoms with Crippen molar-refractivity contribution in [2.75, 3.05) is 12.4 Å². The van der Waals surface area contributed by atoms with Crippen molar-refractivity contribution in [3.05, 3.63) is 53.3 Å². The molecule has 1 aliphatic heterocycles. The largest absolute Gasteiger partial charge is 0.462 e. The molecule has 0 saturated heterocycles. The van der Waals surface area contributed by atoms with Gasteiger partial charge in [0.05, 0.1) is 20.2 Å². The van der Waals surface area contributed by atoms with Gasteiger partial charge in [-0.15, -0.1) is 11.8 Å². The van der Waals surface area contributed by atoms with Crippen LogP contribution < -0.4 is 5.19 Å². The number of ether oxygens (including phenoxy) is 1. The van der Waals surface area contributed by atoms with Gasteiger partial charge < -0.3 is 4.74 Å². The number of thioether (sulfide) groups is 1. The van der Waals surface area contributed by atoms with Gasteiger partial charge in [-0.25, -0.2) is 9.78 Å². The van der Waals surface area contributed by atoms with Crippen LogP contribution in [0.25, 0.3) is 0 Å². The molecule has 1 aliphatic rings. The Bertz CT molecular complexity index is 850. The van der Waals surface area contributed by atoms with Crippen molar-refractivity contribution in [1.29, 1.82) is 0 Å². The average Bonchev–Trinajstić information content (AvgIpc) is 2.61. The smallest absolute Gasteiger partial charge is 0.339 e. The van der Waals surface area contributed by atoms with Crippen molar-refractivity contribution in [3.63, 3.8) is 0 Å². The van der Waals surface area contributed by atoms with E-state index in [-0.39, 0.29) is 5.97 Å². The SMILES string of the molecule is CCOC(=O)c1ccc(C#Cc2ccc3c(c2)[Si](C)(C)CCS3)nc1. The summed E-state index contributed by atoms with van der Waals surface area (Å²) in [6.45, 7) is 7.00. The van der Waals surface area contributed by atoms with Crippen LogP contribution in [-0.2, 0) is 4.74 Å². The second kappa shape index (κ2) is 7.47. The predicted molar refractivity (Wildman–Crippen MR) is 105 cm³/mol. The molecule has 0 saturated carbocycles. The Kier molecular flexibility index (Phi) is 5.31. The van der Waals surface area contributed by atoms with E-state index in [1.807, 2.05) is 11.8 Å². The number of benzene rings is 1. The number of rotatable bonds is 2. The van der Waals surface area contributed by atoms with E-state index >= 15 is 0 Å². The minimum atomic E-state index is -1.33. The summed E-state index contributed by atoms with van der Waals surface area (Å²) in [5.41, 5.74) is 2.13. The highest BCUT2D eigenvalue weighted by molar-refractivity contribution is 7.99. The van der Waals surface area contributed by atoms with Crippen LogP contribution >= 0.6 is 11.8 Å². The highest BCUT2D eigenvalue weighted by Gasteiger charge is 2.29. The van der Waals surface area contributed by atoms with Crippen LogP contribution in [0.15, 0.2) is 41.4 Å². The molecule has 0 aliphatic carbocycles. The van der Waals surface area contributed by atoms with Crippen LogP contribution in [0.5, 0.6) is 0 Å². The molecule has 2 aromatic rings. The normalized spacial score (nSPS) is 14.8. The van der Waals surface area contributed by atoms with Gasteiger partial charge >= 0.3 is 5.97 Å². The molecule has 0 bridgehead atoms. The summed E-state index contributed by atoms with van der Waals surface area (Å²) in [6.07, 6.45) is 1.52. The molecule has 3 nitrogen and oxygen atoms in total. The summed E-state index contributed by atoms with van der Waals surface area (Å²) in [5, 5.41) is 1.51. The molecule has 3 rings (SSSR count). The number of hydrogen-bond donors (Lipinski definition) is 0. The van der Waals surface area contributed by atoms with Gasteiger partial charge in [-0.1, -0.05) is 19.0 Å². The summed E-state index contributed by atoms with van der Waals surface area (Å²) in [6, 6.07) is 11.3. The number of carbonyl (C=O) groups excluding carboxylic acids is 1.